The highest BCUT2D eigenvalue weighted by molar-refractivity contribution is 5.89. The van der Waals surface area contributed by atoms with Crippen LogP contribution in [-0.4, -0.2) is 18.5 Å². The molecule has 0 atom stereocenters. The van der Waals surface area contributed by atoms with Gasteiger partial charge in [0.15, 0.2) is 0 Å². The van der Waals surface area contributed by atoms with Crippen LogP contribution in [0.4, 0.5) is 0 Å². The van der Waals surface area contributed by atoms with Gasteiger partial charge in [0.25, 0.3) is 0 Å². The molecule has 0 aromatic heterocycles. The maximum atomic E-state index is 11.7. The maximum absolute atomic E-state index is 11.7. The molecule has 2 rings (SSSR count). The zero-order chi connectivity index (χ0) is 19.1. The van der Waals surface area contributed by atoms with Gasteiger partial charge in [0.1, 0.15) is 17.2 Å². The van der Waals surface area contributed by atoms with Gasteiger partial charge < -0.3 is 14.2 Å². The first-order valence-corrected chi connectivity index (χ1v) is 8.40. The third-order valence-electron chi connectivity index (χ3n) is 3.50. The highest BCUT2D eigenvalue weighted by Crippen LogP contribution is 2.34. The van der Waals surface area contributed by atoms with Gasteiger partial charge in [-0.1, -0.05) is 25.6 Å². The summed E-state index contributed by atoms with van der Waals surface area (Å²) in [5.74, 6) is 0.709. The van der Waals surface area contributed by atoms with Gasteiger partial charge in [0, 0.05) is 23.6 Å². The lowest BCUT2D eigenvalue weighted by atomic mass is 10.0. The summed E-state index contributed by atoms with van der Waals surface area (Å²) in [5, 5.41) is 0. The molecule has 0 saturated heterocycles. The van der Waals surface area contributed by atoms with Crippen molar-refractivity contribution in [2.45, 2.75) is 27.2 Å². The Hall–Kier alpha value is -3.08. The molecule has 5 nitrogen and oxygen atoms in total. The van der Waals surface area contributed by atoms with Crippen LogP contribution in [0.15, 0.2) is 54.6 Å². The van der Waals surface area contributed by atoms with Gasteiger partial charge in [0.2, 0.25) is 0 Å². The van der Waals surface area contributed by atoms with E-state index in [0.29, 0.717) is 35.8 Å². The molecule has 5 heteroatoms. The maximum Gasteiger partial charge on any atom is 0.338 e. The molecule has 0 unspecified atom stereocenters. The van der Waals surface area contributed by atoms with E-state index in [1.807, 2.05) is 25.1 Å². The molecule has 0 N–H and O–H groups in total. The first kappa shape index (κ1) is 19.2. The van der Waals surface area contributed by atoms with Gasteiger partial charge in [-0.05, 0) is 43.7 Å². The van der Waals surface area contributed by atoms with E-state index in [-0.39, 0.29) is 5.97 Å². The smallest absolute Gasteiger partial charge is 0.338 e. The average Bonchev–Trinajstić information content (AvgIpc) is 2.63. The summed E-state index contributed by atoms with van der Waals surface area (Å²) >= 11 is 0. The van der Waals surface area contributed by atoms with E-state index in [1.165, 1.54) is 0 Å². The van der Waals surface area contributed by atoms with E-state index >= 15 is 0 Å². The molecule has 0 fully saturated rings. The van der Waals surface area contributed by atoms with Crippen molar-refractivity contribution in [1.29, 1.82) is 0 Å². The van der Waals surface area contributed by atoms with Crippen molar-refractivity contribution in [1.82, 2.24) is 0 Å². The van der Waals surface area contributed by atoms with E-state index in [9.17, 15) is 9.59 Å². The Kier molecular flexibility index (Phi) is 6.55. The highest BCUT2D eigenvalue weighted by Gasteiger charge is 2.12. The lowest BCUT2D eigenvalue weighted by Crippen LogP contribution is -2.08. The number of esters is 2. The molecular weight excluding hydrogens is 332 g/mol. The highest BCUT2D eigenvalue weighted by atomic mass is 16.5. The van der Waals surface area contributed by atoms with Gasteiger partial charge in [-0.15, -0.1) is 0 Å². The van der Waals surface area contributed by atoms with Gasteiger partial charge in [-0.25, -0.2) is 4.79 Å². The Labute approximate surface area is 153 Å². The number of hydrogen-bond donors (Lipinski definition) is 0. The number of rotatable bonds is 7. The molecule has 0 amide bonds. The second kappa shape index (κ2) is 8.85. The molecule has 2 aromatic rings. The minimum absolute atomic E-state index is 0.281. The summed E-state index contributed by atoms with van der Waals surface area (Å²) in [6.45, 7) is 9.25. The number of carbonyl (C=O) groups is 2. The summed E-state index contributed by atoms with van der Waals surface area (Å²) in [7, 11) is 0. The largest absolute Gasteiger partial charge is 0.493 e. The van der Waals surface area contributed by atoms with Crippen molar-refractivity contribution in [3.8, 4) is 28.4 Å². The lowest BCUT2D eigenvalue weighted by Gasteiger charge is -2.13. The summed E-state index contributed by atoms with van der Waals surface area (Å²) in [4.78, 5) is 23.0. The molecule has 136 valence electrons. The molecule has 0 saturated carbocycles. The fourth-order valence-corrected chi connectivity index (χ4v) is 2.18. The van der Waals surface area contributed by atoms with Gasteiger partial charge in [-0.2, -0.15) is 0 Å². The van der Waals surface area contributed by atoms with E-state index in [1.54, 1.807) is 38.1 Å². The Morgan fingerprint density at radius 2 is 1.62 bits per heavy atom. The van der Waals surface area contributed by atoms with E-state index < -0.39 is 5.97 Å². The predicted molar refractivity (Wildman–Crippen MR) is 99.4 cm³/mol. The fourth-order valence-electron chi connectivity index (χ4n) is 2.18. The molecule has 0 bridgehead atoms. The Bertz CT molecular complexity index is 806. The molecule has 0 aliphatic rings. The van der Waals surface area contributed by atoms with Crippen LogP contribution in [0.3, 0.4) is 0 Å². The molecule has 0 aliphatic carbocycles. The summed E-state index contributed by atoms with van der Waals surface area (Å²) in [6, 6.07) is 12.3. The van der Waals surface area contributed by atoms with Crippen LogP contribution in [0.25, 0.3) is 11.1 Å². The zero-order valence-electron chi connectivity index (χ0n) is 15.2. The molecule has 2 aromatic carbocycles. The van der Waals surface area contributed by atoms with Crippen LogP contribution < -0.4 is 14.2 Å². The quantitative estimate of drug-likeness (QED) is 0.415. The third-order valence-corrected chi connectivity index (χ3v) is 3.50. The SMILES string of the molecule is C=C(C)C(=O)Oc1ccc(-c2ccc(OC(=O)CC)cc2)c(OCC)c1. The fraction of sp³-hybridized carbons (Fsp3) is 0.238. The lowest BCUT2D eigenvalue weighted by molar-refractivity contribution is -0.134. The van der Waals surface area contributed by atoms with Crippen LogP contribution in [0, 0.1) is 0 Å². The van der Waals surface area contributed by atoms with Crippen molar-refractivity contribution in [3.05, 3.63) is 54.6 Å². The first-order valence-electron chi connectivity index (χ1n) is 8.40. The number of benzene rings is 2. The van der Waals surface area contributed by atoms with E-state index in [4.69, 9.17) is 14.2 Å². The van der Waals surface area contributed by atoms with Crippen molar-refractivity contribution in [3.63, 3.8) is 0 Å². The zero-order valence-corrected chi connectivity index (χ0v) is 15.2. The second-order valence-corrected chi connectivity index (χ2v) is 5.61. The third kappa shape index (κ3) is 4.96. The van der Waals surface area contributed by atoms with Crippen molar-refractivity contribution in [2.75, 3.05) is 6.61 Å². The second-order valence-electron chi connectivity index (χ2n) is 5.61. The molecule has 0 heterocycles. The van der Waals surface area contributed by atoms with Crippen LogP contribution in [0.1, 0.15) is 27.2 Å². The minimum atomic E-state index is -0.484. The van der Waals surface area contributed by atoms with Gasteiger partial charge in [-0.3, -0.25) is 4.79 Å². The molecular formula is C21H22O5. The monoisotopic (exact) mass is 354 g/mol. The standard InChI is InChI=1S/C21H22O5/c1-5-20(22)25-16-9-7-15(8-10-16)18-12-11-17(13-19(18)24-6-2)26-21(23)14(3)4/h7-13H,3,5-6H2,1-2,4H3. The first-order chi connectivity index (χ1) is 12.4. The summed E-state index contributed by atoms with van der Waals surface area (Å²) in [5.41, 5.74) is 2.06. The predicted octanol–water partition coefficient (Wildman–Crippen LogP) is 4.55. The number of hydrogen-bond acceptors (Lipinski definition) is 5. The Morgan fingerprint density at radius 3 is 2.19 bits per heavy atom. The van der Waals surface area contributed by atoms with E-state index in [2.05, 4.69) is 6.58 Å². The topological polar surface area (TPSA) is 61.8 Å². The van der Waals surface area contributed by atoms with E-state index in [0.717, 1.165) is 11.1 Å². The van der Waals surface area contributed by atoms with Gasteiger partial charge in [0.05, 0.1) is 6.61 Å². The Balaban J connectivity index is 2.28. The minimum Gasteiger partial charge on any atom is -0.493 e. The number of carbonyl (C=O) groups excluding carboxylic acids is 2. The average molecular weight is 354 g/mol. The van der Waals surface area contributed by atoms with Crippen molar-refractivity contribution >= 4 is 11.9 Å². The summed E-state index contributed by atoms with van der Waals surface area (Å²) in [6.07, 6.45) is 0.320. The van der Waals surface area contributed by atoms with Crippen molar-refractivity contribution < 1.29 is 23.8 Å². The molecule has 0 spiro atoms. The van der Waals surface area contributed by atoms with Gasteiger partial charge >= 0.3 is 11.9 Å². The number of ether oxygens (including phenoxy) is 3. The Morgan fingerprint density at radius 1 is 0.962 bits per heavy atom. The van der Waals surface area contributed by atoms with Crippen LogP contribution in [0.5, 0.6) is 17.2 Å². The molecule has 26 heavy (non-hydrogen) atoms. The van der Waals surface area contributed by atoms with Crippen LogP contribution >= 0.6 is 0 Å². The van der Waals surface area contributed by atoms with Crippen LogP contribution in [0.2, 0.25) is 0 Å². The van der Waals surface area contributed by atoms with Crippen molar-refractivity contribution in [2.24, 2.45) is 0 Å². The molecule has 0 aliphatic heterocycles. The summed E-state index contributed by atoms with van der Waals surface area (Å²) < 4.78 is 16.1. The van der Waals surface area contributed by atoms with Crippen LogP contribution in [-0.2, 0) is 9.59 Å². The normalized spacial score (nSPS) is 10.1. The molecule has 0 radical (unpaired) electrons.